The van der Waals surface area contributed by atoms with E-state index in [0.717, 1.165) is 5.01 Å². The van der Waals surface area contributed by atoms with Crippen LogP contribution in [0.2, 0.25) is 0 Å². The highest BCUT2D eigenvalue weighted by Crippen LogP contribution is 2.07. The van der Waals surface area contributed by atoms with Crippen LogP contribution < -0.4 is 10.6 Å². The van der Waals surface area contributed by atoms with E-state index < -0.39 is 17.7 Å². The zero-order valence-electron chi connectivity index (χ0n) is 11.5. The molecule has 106 valence electrons. The van der Waals surface area contributed by atoms with E-state index in [4.69, 9.17) is 4.74 Å². The van der Waals surface area contributed by atoms with Gasteiger partial charge in [0.1, 0.15) is 16.7 Å². The third-order valence-corrected chi connectivity index (χ3v) is 2.80. The molecule has 1 heterocycles. The summed E-state index contributed by atoms with van der Waals surface area (Å²) in [4.78, 5) is 27.3. The lowest BCUT2D eigenvalue weighted by Gasteiger charge is -2.21. The fourth-order valence-electron chi connectivity index (χ4n) is 1.21. The normalized spacial score (nSPS) is 12.6. The van der Waals surface area contributed by atoms with E-state index >= 15 is 0 Å². The fraction of sp³-hybridized carbons (Fsp3) is 0.583. The molecular weight excluding hydrogens is 266 g/mol. The minimum Gasteiger partial charge on any atom is -0.444 e. The highest BCUT2D eigenvalue weighted by molar-refractivity contribution is 7.09. The number of hydrogen-bond donors (Lipinski definition) is 2. The van der Waals surface area contributed by atoms with E-state index in [1.54, 1.807) is 33.9 Å². The number of ether oxygens (including phenoxy) is 1. The molecule has 0 aliphatic carbocycles. The Morgan fingerprint density at radius 3 is 2.68 bits per heavy atom. The van der Waals surface area contributed by atoms with Gasteiger partial charge in [0, 0.05) is 11.6 Å². The molecule has 0 aliphatic rings. The first kappa shape index (κ1) is 15.4. The largest absolute Gasteiger partial charge is 0.444 e. The molecule has 0 saturated heterocycles. The Labute approximate surface area is 116 Å². The van der Waals surface area contributed by atoms with Crippen LogP contribution in [0, 0.1) is 0 Å². The number of nitrogens with one attached hydrogen (secondary N) is 2. The van der Waals surface area contributed by atoms with Gasteiger partial charge in [0.15, 0.2) is 0 Å². The lowest BCUT2D eigenvalue weighted by atomic mass is 10.2. The average Bonchev–Trinajstić information content (AvgIpc) is 2.75. The van der Waals surface area contributed by atoms with Gasteiger partial charge in [-0.05, 0) is 27.7 Å². The fourth-order valence-corrected chi connectivity index (χ4v) is 1.76. The van der Waals surface area contributed by atoms with Gasteiger partial charge in [-0.2, -0.15) is 0 Å². The molecule has 2 N–H and O–H groups in total. The van der Waals surface area contributed by atoms with E-state index in [1.165, 1.54) is 11.3 Å². The zero-order valence-corrected chi connectivity index (χ0v) is 12.3. The molecule has 0 unspecified atom stereocenters. The molecule has 0 saturated carbocycles. The number of amides is 2. The van der Waals surface area contributed by atoms with Gasteiger partial charge in [-0.15, -0.1) is 11.3 Å². The number of hydrogen-bond acceptors (Lipinski definition) is 5. The molecule has 1 rings (SSSR count). The SMILES string of the molecule is C[C@@H](NC(=O)OC(C)(C)C)C(=O)NCc1nccs1. The number of alkyl carbamates (subject to hydrolysis) is 1. The summed E-state index contributed by atoms with van der Waals surface area (Å²) in [6, 6.07) is -0.658. The number of aromatic nitrogens is 1. The van der Waals surface area contributed by atoms with Crippen LogP contribution in [-0.4, -0.2) is 28.6 Å². The molecular formula is C12H19N3O3S. The van der Waals surface area contributed by atoms with Gasteiger partial charge in [0.2, 0.25) is 5.91 Å². The Morgan fingerprint density at radius 2 is 2.16 bits per heavy atom. The Morgan fingerprint density at radius 1 is 1.47 bits per heavy atom. The van der Waals surface area contributed by atoms with Crippen LogP contribution >= 0.6 is 11.3 Å². The molecule has 6 nitrogen and oxygen atoms in total. The summed E-state index contributed by atoms with van der Waals surface area (Å²) >= 11 is 1.46. The molecule has 0 aliphatic heterocycles. The minimum atomic E-state index is -0.658. The van der Waals surface area contributed by atoms with Gasteiger partial charge in [0.25, 0.3) is 0 Å². The molecule has 19 heavy (non-hydrogen) atoms. The van der Waals surface area contributed by atoms with E-state index in [1.807, 2.05) is 5.38 Å². The Kier molecular flexibility index (Phi) is 5.29. The third-order valence-electron chi connectivity index (χ3n) is 2.02. The summed E-state index contributed by atoms with van der Waals surface area (Å²) in [5.74, 6) is -0.277. The predicted octanol–water partition coefficient (Wildman–Crippen LogP) is 1.67. The van der Waals surface area contributed by atoms with Crippen LogP contribution in [-0.2, 0) is 16.1 Å². The molecule has 2 amide bonds. The van der Waals surface area contributed by atoms with E-state index in [-0.39, 0.29) is 5.91 Å². The van der Waals surface area contributed by atoms with Gasteiger partial charge in [-0.25, -0.2) is 9.78 Å². The predicted molar refractivity (Wildman–Crippen MR) is 72.8 cm³/mol. The summed E-state index contributed by atoms with van der Waals surface area (Å²) in [5, 5.41) is 7.82. The zero-order chi connectivity index (χ0) is 14.5. The van der Waals surface area contributed by atoms with Crippen LogP contribution in [0.3, 0.4) is 0 Å². The van der Waals surface area contributed by atoms with Crippen molar-refractivity contribution in [1.82, 2.24) is 15.6 Å². The number of carbonyl (C=O) groups excluding carboxylic acids is 2. The summed E-state index contributed by atoms with van der Waals surface area (Å²) in [6.45, 7) is 7.25. The number of nitrogens with zero attached hydrogens (tertiary/aromatic N) is 1. The Hall–Kier alpha value is -1.63. The van der Waals surface area contributed by atoms with E-state index in [2.05, 4.69) is 15.6 Å². The summed E-state index contributed by atoms with van der Waals surface area (Å²) in [6.07, 6.45) is 1.07. The monoisotopic (exact) mass is 285 g/mol. The van der Waals surface area contributed by atoms with E-state index in [9.17, 15) is 9.59 Å². The molecule has 1 aromatic rings. The van der Waals surface area contributed by atoms with Crippen LogP contribution in [0.15, 0.2) is 11.6 Å². The van der Waals surface area contributed by atoms with Crippen molar-refractivity contribution >= 4 is 23.3 Å². The topological polar surface area (TPSA) is 80.3 Å². The molecule has 7 heteroatoms. The van der Waals surface area contributed by atoms with Crippen LogP contribution in [0.5, 0.6) is 0 Å². The second-order valence-corrected chi connectivity index (χ2v) is 5.99. The van der Waals surface area contributed by atoms with Crippen molar-refractivity contribution in [3.05, 3.63) is 16.6 Å². The van der Waals surface area contributed by atoms with Crippen molar-refractivity contribution in [2.24, 2.45) is 0 Å². The van der Waals surface area contributed by atoms with Crippen molar-refractivity contribution in [2.75, 3.05) is 0 Å². The maximum atomic E-state index is 11.7. The maximum Gasteiger partial charge on any atom is 0.408 e. The Bertz CT molecular complexity index is 426. The number of thiazole rings is 1. The molecule has 0 spiro atoms. The summed E-state index contributed by atoms with van der Waals surface area (Å²) in [5.41, 5.74) is -0.582. The van der Waals surface area contributed by atoms with Crippen molar-refractivity contribution in [3.8, 4) is 0 Å². The third kappa shape index (κ3) is 6.19. The van der Waals surface area contributed by atoms with Gasteiger partial charge in [-0.3, -0.25) is 4.79 Å². The molecule has 0 bridgehead atoms. The van der Waals surface area contributed by atoms with Crippen molar-refractivity contribution in [1.29, 1.82) is 0 Å². The van der Waals surface area contributed by atoms with E-state index in [0.29, 0.717) is 6.54 Å². The standard InChI is InChI=1S/C12H19N3O3S/c1-8(15-11(17)18-12(2,3)4)10(16)14-7-9-13-5-6-19-9/h5-6,8H,7H2,1-4H3,(H,14,16)(H,15,17)/t8-/m1/s1. The van der Waals surface area contributed by atoms with Crippen molar-refractivity contribution < 1.29 is 14.3 Å². The molecule has 0 aromatic carbocycles. The average molecular weight is 285 g/mol. The smallest absolute Gasteiger partial charge is 0.408 e. The first-order valence-electron chi connectivity index (χ1n) is 5.93. The molecule has 0 fully saturated rings. The van der Waals surface area contributed by atoms with Crippen LogP contribution in [0.4, 0.5) is 4.79 Å². The number of rotatable bonds is 4. The second kappa shape index (κ2) is 6.51. The highest BCUT2D eigenvalue weighted by Gasteiger charge is 2.20. The highest BCUT2D eigenvalue weighted by atomic mass is 32.1. The minimum absolute atomic E-state index is 0.277. The maximum absolute atomic E-state index is 11.7. The first-order chi connectivity index (χ1) is 8.78. The first-order valence-corrected chi connectivity index (χ1v) is 6.81. The van der Waals surface area contributed by atoms with Gasteiger partial charge in [0.05, 0.1) is 6.54 Å². The second-order valence-electron chi connectivity index (χ2n) is 5.01. The molecule has 1 aromatic heterocycles. The Balaban J connectivity index is 2.34. The lowest BCUT2D eigenvalue weighted by Crippen LogP contribution is -2.46. The number of carbonyl (C=O) groups is 2. The van der Waals surface area contributed by atoms with Crippen molar-refractivity contribution in [3.63, 3.8) is 0 Å². The molecule has 1 atom stereocenters. The molecule has 0 radical (unpaired) electrons. The van der Waals surface area contributed by atoms with Gasteiger partial charge in [-0.1, -0.05) is 0 Å². The van der Waals surface area contributed by atoms with Gasteiger partial charge >= 0.3 is 6.09 Å². The van der Waals surface area contributed by atoms with Crippen molar-refractivity contribution in [2.45, 2.75) is 45.9 Å². The van der Waals surface area contributed by atoms with Crippen LogP contribution in [0.25, 0.3) is 0 Å². The quantitative estimate of drug-likeness (QED) is 0.882. The summed E-state index contributed by atoms with van der Waals surface area (Å²) in [7, 11) is 0. The van der Waals surface area contributed by atoms with Gasteiger partial charge < -0.3 is 15.4 Å². The lowest BCUT2D eigenvalue weighted by molar-refractivity contribution is -0.122. The summed E-state index contributed by atoms with van der Waals surface area (Å²) < 4.78 is 5.07. The van der Waals surface area contributed by atoms with Crippen LogP contribution in [0.1, 0.15) is 32.7 Å².